The van der Waals surface area contributed by atoms with Gasteiger partial charge in [0.25, 0.3) is 0 Å². The number of likely N-dealkylation sites (tertiary alicyclic amines) is 1. The van der Waals surface area contributed by atoms with E-state index in [1.165, 1.54) is 38.4 Å². The van der Waals surface area contributed by atoms with Gasteiger partial charge in [-0.1, -0.05) is 25.7 Å². The van der Waals surface area contributed by atoms with Crippen LogP contribution in [0.15, 0.2) is 30.2 Å². The smallest absolute Gasteiger partial charge is 0.393 e. The van der Waals surface area contributed by atoms with Crippen LogP contribution in [0.25, 0.3) is 10.2 Å². The SMILES string of the molecule is N#CC1=CC2CC(CN3CCC(Nc4ncnc5sc(CC(F)(F)F)cc45)CC3)CCC2N1Cc1cc(OCCCC2CCCC2)n[nH]1. The van der Waals surface area contributed by atoms with Crippen LogP contribution in [0.1, 0.15) is 81.2 Å². The van der Waals surface area contributed by atoms with Gasteiger partial charge in [0.15, 0.2) is 0 Å². The van der Waals surface area contributed by atoms with E-state index < -0.39 is 12.6 Å². The van der Waals surface area contributed by atoms with Crippen LogP contribution >= 0.6 is 11.3 Å². The Morgan fingerprint density at radius 3 is 2.69 bits per heavy atom. The number of alkyl halides is 3. The third-order valence-electron chi connectivity index (χ3n) is 10.8. The number of rotatable bonds is 12. The Balaban J connectivity index is 0.861. The van der Waals surface area contributed by atoms with Crippen molar-refractivity contribution >= 4 is 27.4 Å². The van der Waals surface area contributed by atoms with Crippen molar-refractivity contribution in [3.8, 4) is 11.9 Å². The second-order valence-corrected chi connectivity index (χ2v) is 15.4. The molecule has 258 valence electrons. The molecule has 3 atom stereocenters. The number of fused-ring (bicyclic) bond motifs is 2. The van der Waals surface area contributed by atoms with Gasteiger partial charge in [0, 0.05) is 48.6 Å². The first-order chi connectivity index (χ1) is 23.3. The molecular formula is C35H45F3N8OS. The Bertz CT molecular complexity index is 1600. The zero-order chi connectivity index (χ0) is 33.1. The lowest BCUT2D eigenvalue weighted by atomic mass is 9.78. The topological polar surface area (TPSA) is 106 Å². The lowest BCUT2D eigenvalue weighted by Crippen LogP contribution is -2.44. The highest BCUT2D eigenvalue weighted by Crippen LogP contribution is 2.41. The maximum Gasteiger partial charge on any atom is 0.393 e. The number of piperidine rings is 1. The van der Waals surface area contributed by atoms with Gasteiger partial charge in [0.2, 0.25) is 5.88 Å². The van der Waals surface area contributed by atoms with Crippen LogP contribution in [0.4, 0.5) is 19.0 Å². The van der Waals surface area contributed by atoms with Gasteiger partial charge < -0.3 is 19.9 Å². The number of H-pyrrole nitrogens is 1. The molecule has 0 radical (unpaired) electrons. The summed E-state index contributed by atoms with van der Waals surface area (Å²) in [6.07, 6.45) is 11.4. The van der Waals surface area contributed by atoms with Gasteiger partial charge in [-0.25, -0.2) is 9.97 Å². The molecule has 0 bridgehead atoms. The second-order valence-electron chi connectivity index (χ2n) is 14.2. The van der Waals surface area contributed by atoms with Crippen molar-refractivity contribution in [3.05, 3.63) is 40.8 Å². The summed E-state index contributed by atoms with van der Waals surface area (Å²) in [7, 11) is 0. The van der Waals surface area contributed by atoms with Crippen LogP contribution in [0, 0.1) is 29.1 Å². The fourth-order valence-corrected chi connectivity index (χ4v) is 9.47. The monoisotopic (exact) mass is 682 g/mol. The van der Waals surface area contributed by atoms with Crippen molar-refractivity contribution in [1.82, 2.24) is 30.0 Å². The molecule has 3 aromatic rings. The summed E-state index contributed by atoms with van der Waals surface area (Å²) in [5, 5.41) is 21.7. The van der Waals surface area contributed by atoms with Crippen LogP contribution in [0.5, 0.6) is 5.88 Å². The Morgan fingerprint density at radius 1 is 1.06 bits per heavy atom. The van der Waals surface area contributed by atoms with Gasteiger partial charge in [-0.3, -0.25) is 5.10 Å². The lowest BCUT2D eigenvalue weighted by molar-refractivity contribution is -0.126. The number of aromatic nitrogens is 4. The highest BCUT2D eigenvalue weighted by molar-refractivity contribution is 7.18. The van der Waals surface area contributed by atoms with Crippen molar-refractivity contribution in [2.75, 3.05) is 31.6 Å². The highest BCUT2D eigenvalue weighted by atomic mass is 32.1. The first kappa shape index (κ1) is 33.1. The normalized spacial score (nSPS) is 24.2. The van der Waals surface area contributed by atoms with Gasteiger partial charge >= 0.3 is 6.18 Å². The van der Waals surface area contributed by atoms with Gasteiger partial charge in [-0.2, -0.15) is 18.4 Å². The number of aromatic amines is 1. The highest BCUT2D eigenvalue weighted by Gasteiger charge is 2.40. The molecule has 48 heavy (non-hydrogen) atoms. The lowest BCUT2D eigenvalue weighted by Gasteiger charge is -2.40. The van der Waals surface area contributed by atoms with E-state index in [1.54, 1.807) is 6.07 Å². The maximum absolute atomic E-state index is 12.9. The average Bonchev–Trinajstić information content (AvgIpc) is 3.87. The predicted molar refractivity (Wildman–Crippen MR) is 179 cm³/mol. The molecule has 2 aliphatic heterocycles. The number of ether oxygens (including phenoxy) is 1. The minimum absolute atomic E-state index is 0.218. The predicted octanol–water partition coefficient (Wildman–Crippen LogP) is 7.45. The van der Waals surface area contributed by atoms with Crippen LogP contribution in [-0.2, 0) is 13.0 Å². The molecule has 4 aliphatic rings. The fraction of sp³-hybridized carbons (Fsp3) is 0.657. The minimum atomic E-state index is -4.24. The van der Waals surface area contributed by atoms with Crippen LogP contribution in [0.3, 0.4) is 0 Å². The molecule has 1 saturated heterocycles. The summed E-state index contributed by atoms with van der Waals surface area (Å²) in [6.45, 7) is 4.32. The maximum atomic E-state index is 12.9. The minimum Gasteiger partial charge on any atom is -0.477 e. The molecule has 3 fully saturated rings. The molecule has 9 nitrogen and oxygen atoms in total. The quantitative estimate of drug-likeness (QED) is 0.190. The number of hydrogen-bond acceptors (Lipinski definition) is 9. The van der Waals surface area contributed by atoms with Crippen LogP contribution in [-0.4, -0.2) is 74.5 Å². The van der Waals surface area contributed by atoms with Crippen molar-refractivity contribution in [3.63, 3.8) is 0 Å². The van der Waals surface area contributed by atoms with E-state index in [1.807, 2.05) is 6.07 Å². The number of anilines is 1. The molecule has 2 saturated carbocycles. The molecule has 13 heteroatoms. The number of nitrogens with one attached hydrogen (secondary N) is 2. The molecule has 0 amide bonds. The molecule has 3 unspecified atom stereocenters. The summed E-state index contributed by atoms with van der Waals surface area (Å²) in [6, 6.07) is 6.58. The molecule has 5 heterocycles. The number of halogens is 3. The third kappa shape index (κ3) is 8.08. The van der Waals surface area contributed by atoms with E-state index in [0.29, 0.717) is 52.9 Å². The van der Waals surface area contributed by atoms with Gasteiger partial charge in [-0.15, -0.1) is 16.4 Å². The van der Waals surface area contributed by atoms with Gasteiger partial charge in [0.1, 0.15) is 28.7 Å². The van der Waals surface area contributed by atoms with E-state index in [2.05, 4.69) is 47.4 Å². The number of thiophene rings is 1. The molecule has 7 rings (SSSR count). The van der Waals surface area contributed by atoms with Crippen LogP contribution < -0.4 is 10.1 Å². The number of nitrogens with zero attached hydrogens (tertiary/aromatic N) is 6. The summed E-state index contributed by atoms with van der Waals surface area (Å²) in [5.74, 6) is 3.10. The van der Waals surface area contributed by atoms with E-state index in [-0.39, 0.29) is 10.9 Å². The Kier molecular flexibility index (Phi) is 10.1. The van der Waals surface area contributed by atoms with Gasteiger partial charge in [-0.05, 0) is 68.9 Å². The zero-order valence-electron chi connectivity index (χ0n) is 27.4. The van der Waals surface area contributed by atoms with Crippen molar-refractivity contribution in [2.45, 2.75) is 102 Å². The standard InChI is InChI=1S/C35H45F3N8OS/c36-35(37,38)18-29-17-30-33(40-22-41-34(30)48-29)42-26-9-11-45(12-10-26)20-24-7-8-31-25(14-24)15-28(19-39)46(31)21-27-16-32(44-43-27)47-13-3-6-23-4-1-2-5-23/h15-17,22-26,31H,1-14,18,20-21H2,(H,43,44)(H,40,41,42). The number of nitriles is 1. The molecular weight excluding hydrogens is 638 g/mol. The number of hydrogen-bond donors (Lipinski definition) is 2. The van der Waals surface area contributed by atoms with E-state index in [0.717, 1.165) is 86.8 Å². The summed E-state index contributed by atoms with van der Waals surface area (Å²) in [4.78, 5) is 14.2. The fourth-order valence-electron chi connectivity index (χ4n) is 8.44. The Labute approximate surface area is 283 Å². The molecule has 2 aliphatic carbocycles. The zero-order valence-corrected chi connectivity index (χ0v) is 28.2. The Morgan fingerprint density at radius 2 is 1.90 bits per heavy atom. The van der Waals surface area contributed by atoms with Crippen LogP contribution in [0.2, 0.25) is 0 Å². The van der Waals surface area contributed by atoms with Gasteiger partial charge in [0.05, 0.1) is 30.7 Å². The molecule has 0 spiro atoms. The first-order valence-electron chi connectivity index (χ1n) is 17.6. The Hall–Kier alpha value is -3.37. The summed E-state index contributed by atoms with van der Waals surface area (Å²) < 4.78 is 44.8. The van der Waals surface area contributed by atoms with Crippen molar-refractivity contribution in [1.29, 1.82) is 5.26 Å². The third-order valence-corrected chi connectivity index (χ3v) is 11.8. The van der Waals surface area contributed by atoms with Crippen molar-refractivity contribution < 1.29 is 17.9 Å². The van der Waals surface area contributed by atoms with Crippen molar-refractivity contribution in [2.24, 2.45) is 17.8 Å². The van der Waals surface area contributed by atoms with E-state index in [4.69, 9.17) is 4.74 Å². The first-order valence-corrected chi connectivity index (χ1v) is 18.5. The molecule has 2 N–H and O–H groups in total. The van der Waals surface area contributed by atoms with E-state index in [9.17, 15) is 18.4 Å². The number of allylic oxidation sites excluding steroid dienone is 1. The summed E-state index contributed by atoms with van der Waals surface area (Å²) in [5.41, 5.74) is 1.74. The second kappa shape index (κ2) is 14.6. The molecule has 3 aromatic heterocycles. The largest absolute Gasteiger partial charge is 0.477 e. The van der Waals surface area contributed by atoms with E-state index >= 15 is 0 Å². The summed E-state index contributed by atoms with van der Waals surface area (Å²) >= 11 is 1.08. The average molecular weight is 683 g/mol. The molecule has 0 aromatic carbocycles.